The average Bonchev–Trinajstić information content (AvgIpc) is 3.09. The quantitative estimate of drug-likeness (QED) is 0.855. The fourth-order valence-electron chi connectivity index (χ4n) is 2.65. The van der Waals surface area contributed by atoms with Crippen LogP contribution in [-0.4, -0.2) is 47.8 Å². The first-order valence-electron chi connectivity index (χ1n) is 7.34. The monoisotopic (exact) mass is 314 g/mol. The summed E-state index contributed by atoms with van der Waals surface area (Å²) in [6.45, 7) is 4.31. The van der Waals surface area contributed by atoms with Gasteiger partial charge in [0.2, 0.25) is 0 Å². The summed E-state index contributed by atoms with van der Waals surface area (Å²) in [6.07, 6.45) is 0. The van der Waals surface area contributed by atoms with E-state index in [1.807, 2.05) is 58.5 Å². The Kier molecular flexibility index (Phi) is 4.24. The summed E-state index contributed by atoms with van der Waals surface area (Å²) in [6, 6.07) is 11.4. The maximum absolute atomic E-state index is 12.6. The Morgan fingerprint density at radius 3 is 2.14 bits per heavy atom. The zero-order valence-corrected chi connectivity index (χ0v) is 13.3. The molecule has 1 aliphatic rings. The SMILES string of the molecule is Cc1ccccc1C(=O)N1CCN(C(=O)c2cccs2)CC1. The van der Waals surface area contributed by atoms with Crippen LogP contribution in [0.3, 0.4) is 0 Å². The number of hydrogen-bond acceptors (Lipinski definition) is 3. The first kappa shape index (κ1) is 14.8. The molecule has 2 heterocycles. The first-order valence-corrected chi connectivity index (χ1v) is 8.22. The molecule has 1 saturated heterocycles. The van der Waals surface area contributed by atoms with Gasteiger partial charge in [0.1, 0.15) is 0 Å². The van der Waals surface area contributed by atoms with E-state index in [-0.39, 0.29) is 11.8 Å². The van der Waals surface area contributed by atoms with E-state index in [0.29, 0.717) is 26.2 Å². The molecule has 1 aromatic heterocycles. The number of hydrogen-bond donors (Lipinski definition) is 0. The van der Waals surface area contributed by atoms with Crippen molar-refractivity contribution in [3.8, 4) is 0 Å². The van der Waals surface area contributed by atoms with Crippen molar-refractivity contribution in [1.29, 1.82) is 0 Å². The van der Waals surface area contributed by atoms with Gasteiger partial charge in [-0.1, -0.05) is 24.3 Å². The number of thiophene rings is 1. The fourth-order valence-corrected chi connectivity index (χ4v) is 3.34. The number of benzene rings is 1. The summed E-state index contributed by atoms with van der Waals surface area (Å²) in [5.74, 6) is 0.124. The fraction of sp³-hybridized carbons (Fsp3) is 0.294. The van der Waals surface area contributed by atoms with Gasteiger partial charge >= 0.3 is 0 Å². The van der Waals surface area contributed by atoms with Gasteiger partial charge < -0.3 is 9.80 Å². The lowest BCUT2D eigenvalue weighted by Crippen LogP contribution is -2.50. The van der Waals surface area contributed by atoms with Crippen molar-refractivity contribution < 1.29 is 9.59 Å². The van der Waals surface area contributed by atoms with E-state index < -0.39 is 0 Å². The lowest BCUT2D eigenvalue weighted by atomic mass is 10.1. The normalized spacial score (nSPS) is 15.0. The third kappa shape index (κ3) is 2.90. The molecule has 0 N–H and O–H groups in total. The largest absolute Gasteiger partial charge is 0.335 e. The number of piperazine rings is 1. The third-order valence-corrected chi connectivity index (χ3v) is 4.82. The van der Waals surface area contributed by atoms with Crippen LogP contribution in [0, 0.1) is 6.92 Å². The van der Waals surface area contributed by atoms with Crippen molar-refractivity contribution >= 4 is 23.2 Å². The lowest BCUT2D eigenvalue weighted by molar-refractivity contribution is 0.0537. The van der Waals surface area contributed by atoms with Gasteiger partial charge in [-0.3, -0.25) is 9.59 Å². The smallest absolute Gasteiger partial charge is 0.264 e. The number of aryl methyl sites for hydroxylation is 1. The van der Waals surface area contributed by atoms with E-state index in [4.69, 9.17) is 0 Å². The van der Waals surface area contributed by atoms with E-state index in [1.54, 1.807) is 0 Å². The Morgan fingerprint density at radius 2 is 1.55 bits per heavy atom. The average molecular weight is 314 g/mol. The van der Waals surface area contributed by atoms with Gasteiger partial charge in [0.05, 0.1) is 4.88 Å². The second-order valence-corrected chi connectivity index (χ2v) is 6.32. The number of carbonyl (C=O) groups is 2. The van der Waals surface area contributed by atoms with E-state index in [0.717, 1.165) is 16.0 Å². The minimum Gasteiger partial charge on any atom is -0.335 e. The van der Waals surface area contributed by atoms with Gasteiger partial charge in [0, 0.05) is 31.7 Å². The Labute approximate surface area is 134 Å². The molecule has 0 aliphatic carbocycles. The molecule has 0 spiro atoms. The van der Waals surface area contributed by atoms with Gasteiger partial charge in [-0.2, -0.15) is 0 Å². The number of carbonyl (C=O) groups excluding carboxylic acids is 2. The molecule has 114 valence electrons. The zero-order valence-electron chi connectivity index (χ0n) is 12.5. The Morgan fingerprint density at radius 1 is 0.909 bits per heavy atom. The predicted molar refractivity (Wildman–Crippen MR) is 87.3 cm³/mol. The van der Waals surface area contributed by atoms with E-state index in [9.17, 15) is 9.59 Å². The molecular weight excluding hydrogens is 296 g/mol. The Hall–Kier alpha value is -2.14. The van der Waals surface area contributed by atoms with E-state index >= 15 is 0 Å². The number of rotatable bonds is 2. The Balaban J connectivity index is 1.63. The lowest BCUT2D eigenvalue weighted by Gasteiger charge is -2.34. The molecule has 1 fully saturated rings. The number of nitrogens with zero attached hydrogens (tertiary/aromatic N) is 2. The molecule has 0 atom stereocenters. The van der Waals surface area contributed by atoms with E-state index in [1.165, 1.54) is 11.3 Å². The molecule has 5 heteroatoms. The predicted octanol–water partition coefficient (Wildman–Crippen LogP) is 2.65. The minimum atomic E-state index is 0.0568. The first-order chi connectivity index (χ1) is 10.7. The van der Waals surface area contributed by atoms with Crippen LogP contribution in [-0.2, 0) is 0 Å². The molecule has 0 bridgehead atoms. The van der Waals surface area contributed by atoms with E-state index in [2.05, 4.69) is 0 Å². The van der Waals surface area contributed by atoms with Gasteiger partial charge in [0.15, 0.2) is 0 Å². The van der Waals surface area contributed by atoms with Crippen molar-refractivity contribution in [3.63, 3.8) is 0 Å². The maximum atomic E-state index is 12.6. The summed E-state index contributed by atoms with van der Waals surface area (Å²) < 4.78 is 0. The molecule has 0 radical (unpaired) electrons. The van der Waals surface area contributed by atoms with Gasteiger partial charge in [-0.25, -0.2) is 0 Å². The third-order valence-electron chi connectivity index (χ3n) is 3.96. The molecule has 22 heavy (non-hydrogen) atoms. The van der Waals surface area contributed by atoms with Gasteiger partial charge in [-0.15, -0.1) is 11.3 Å². The van der Waals surface area contributed by atoms with Gasteiger partial charge in [-0.05, 0) is 30.0 Å². The summed E-state index contributed by atoms with van der Waals surface area (Å²) >= 11 is 1.46. The molecule has 2 aromatic rings. The maximum Gasteiger partial charge on any atom is 0.264 e. The number of amides is 2. The van der Waals surface area contributed by atoms with Crippen LogP contribution in [0.15, 0.2) is 41.8 Å². The Bertz CT molecular complexity index is 674. The molecule has 0 unspecified atom stereocenters. The molecule has 1 aromatic carbocycles. The highest BCUT2D eigenvalue weighted by molar-refractivity contribution is 7.12. The van der Waals surface area contributed by atoms with Crippen LogP contribution in [0.4, 0.5) is 0 Å². The zero-order chi connectivity index (χ0) is 15.5. The highest BCUT2D eigenvalue weighted by Crippen LogP contribution is 2.16. The minimum absolute atomic E-state index is 0.0568. The van der Waals surface area contributed by atoms with Crippen LogP contribution in [0.5, 0.6) is 0 Å². The highest BCUT2D eigenvalue weighted by atomic mass is 32.1. The molecule has 4 nitrogen and oxygen atoms in total. The molecule has 0 saturated carbocycles. The van der Waals surface area contributed by atoms with Crippen LogP contribution < -0.4 is 0 Å². The molecular formula is C17H18N2O2S. The molecule has 1 aliphatic heterocycles. The van der Waals surface area contributed by atoms with Crippen LogP contribution in [0.2, 0.25) is 0 Å². The molecule has 2 amide bonds. The van der Waals surface area contributed by atoms with Crippen molar-refractivity contribution in [2.75, 3.05) is 26.2 Å². The van der Waals surface area contributed by atoms with Crippen LogP contribution >= 0.6 is 11.3 Å². The summed E-state index contributed by atoms with van der Waals surface area (Å²) in [5, 5.41) is 1.91. The van der Waals surface area contributed by atoms with Crippen molar-refractivity contribution in [1.82, 2.24) is 9.80 Å². The van der Waals surface area contributed by atoms with Crippen molar-refractivity contribution in [2.24, 2.45) is 0 Å². The summed E-state index contributed by atoms with van der Waals surface area (Å²) in [5.41, 5.74) is 1.74. The topological polar surface area (TPSA) is 40.6 Å². The summed E-state index contributed by atoms with van der Waals surface area (Å²) in [7, 11) is 0. The second-order valence-electron chi connectivity index (χ2n) is 5.38. The van der Waals surface area contributed by atoms with Gasteiger partial charge in [0.25, 0.3) is 11.8 Å². The van der Waals surface area contributed by atoms with Crippen molar-refractivity contribution in [2.45, 2.75) is 6.92 Å². The van der Waals surface area contributed by atoms with Crippen molar-refractivity contribution in [3.05, 3.63) is 57.8 Å². The van der Waals surface area contributed by atoms with Crippen LogP contribution in [0.1, 0.15) is 25.6 Å². The summed E-state index contributed by atoms with van der Waals surface area (Å²) in [4.78, 5) is 29.3. The standard InChI is InChI=1S/C17H18N2O2S/c1-13-5-2-3-6-14(13)16(20)18-8-10-19(11-9-18)17(21)15-7-4-12-22-15/h2-7,12H,8-11H2,1H3. The highest BCUT2D eigenvalue weighted by Gasteiger charge is 2.26. The van der Waals surface area contributed by atoms with Crippen LogP contribution in [0.25, 0.3) is 0 Å². The second kappa shape index (κ2) is 6.32. The molecule has 3 rings (SSSR count).